The second-order valence-corrected chi connectivity index (χ2v) is 6.30. The lowest BCUT2D eigenvalue weighted by Gasteiger charge is -2.43. The number of alkyl halides is 3. The molecule has 1 aliphatic heterocycles. The Morgan fingerprint density at radius 2 is 1.52 bits per heavy atom. The molecule has 21 heavy (non-hydrogen) atoms. The van der Waals surface area contributed by atoms with Crippen LogP contribution in [-0.2, 0) is 6.18 Å². The van der Waals surface area contributed by atoms with E-state index < -0.39 is 17.6 Å². The minimum Gasteiger partial charge on any atom is -0.368 e. The lowest BCUT2D eigenvalue weighted by atomic mass is 10.0. The van der Waals surface area contributed by atoms with Crippen molar-refractivity contribution in [1.29, 1.82) is 0 Å². The molecule has 0 N–H and O–H groups in total. The molecule has 1 aliphatic rings. The highest BCUT2D eigenvalue weighted by Gasteiger charge is 2.36. The predicted molar refractivity (Wildman–Crippen MR) is 74.9 cm³/mol. The fraction of sp³-hybridized carbons (Fsp3) is 0.600. The van der Waals surface area contributed by atoms with E-state index in [-0.39, 0.29) is 11.2 Å². The Morgan fingerprint density at radius 1 is 0.952 bits per heavy atom. The van der Waals surface area contributed by atoms with Gasteiger partial charge in [0.1, 0.15) is 5.82 Å². The molecule has 2 rings (SSSR count). The van der Waals surface area contributed by atoms with Crippen molar-refractivity contribution in [1.82, 2.24) is 4.90 Å². The zero-order valence-corrected chi connectivity index (χ0v) is 12.5. The summed E-state index contributed by atoms with van der Waals surface area (Å²) in [5.41, 5.74) is -0.828. The number of piperazine rings is 1. The van der Waals surface area contributed by atoms with Crippen molar-refractivity contribution in [2.45, 2.75) is 32.5 Å². The van der Waals surface area contributed by atoms with Crippen LogP contribution in [0, 0.1) is 5.82 Å². The minimum atomic E-state index is -4.54. The first-order chi connectivity index (χ1) is 9.59. The topological polar surface area (TPSA) is 6.48 Å². The summed E-state index contributed by atoms with van der Waals surface area (Å²) in [7, 11) is 0. The van der Waals surface area contributed by atoms with Gasteiger partial charge in [-0.25, -0.2) is 4.39 Å². The molecule has 0 radical (unpaired) electrons. The molecule has 1 heterocycles. The van der Waals surface area contributed by atoms with Crippen LogP contribution in [0.4, 0.5) is 23.2 Å². The molecule has 0 bridgehead atoms. The SMILES string of the molecule is CC(C)(C)N1CCN(c2ccc(F)cc2C(F)(F)F)CC1. The van der Waals surface area contributed by atoms with Gasteiger partial charge in [0.15, 0.2) is 0 Å². The molecule has 0 aromatic heterocycles. The van der Waals surface area contributed by atoms with E-state index in [1.54, 1.807) is 4.90 Å². The summed E-state index contributed by atoms with van der Waals surface area (Å²) in [6.45, 7) is 8.65. The Labute approximate surface area is 122 Å². The first-order valence-corrected chi connectivity index (χ1v) is 6.96. The van der Waals surface area contributed by atoms with Crippen LogP contribution < -0.4 is 4.90 Å². The molecule has 1 saturated heterocycles. The Bertz CT molecular complexity index is 497. The van der Waals surface area contributed by atoms with Crippen molar-refractivity contribution < 1.29 is 17.6 Å². The van der Waals surface area contributed by atoms with Crippen LogP contribution in [0.15, 0.2) is 18.2 Å². The fourth-order valence-electron chi connectivity index (χ4n) is 2.63. The number of rotatable bonds is 1. The Hall–Kier alpha value is -1.30. The third-order valence-electron chi connectivity index (χ3n) is 3.83. The summed E-state index contributed by atoms with van der Waals surface area (Å²) >= 11 is 0. The van der Waals surface area contributed by atoms with Gasteiger partial charge in [-0.05, 0) is 39.0 Å². The maximum absolute atomic E-state index is 13.1. The molecule has 1 aromatic carbocycles. The summed E-state index contributed by atoms with van der Waals surface area (Å²) in [6, 6.07) is 2.89. The molecule has 6 heteroatoms. The van der Waals surface area contributed by atoms with E-state index in [4.69, 9.17) is 0 Å². The largest absolute Gasteiger partial charge is 0.418 e. The van der Waals surface area contributed by atoms with Crippen LogP contribution >= 0.6 is 0 Å². The van der Waals surface area contributed by atoms with Crippen molar-refractivity contribution in [3.8, 4) is 0 Å². The van der Waals surface area contributed by atoms with Crippen LogP contribution in [0.5, 0.6) is 0 Å². The van der Waals surface area contributed by atoms with Gasteiger partial charge in [-0.2, -0.15) is 13.2 Å². The highest BCUT2D eigenvalue weighted by molar-refractivity contribution is 5.55. The van der Waals surface area contributed by atoms with Gasteiger partial charge in [-0.3, -0.25) is 4.90 Å². The van der Waals surface area contributed by atoms with Crippen molar-refractivity contribution in [3.05, 3.63) is 29.6 Å². The van der Waals surface area contributed by atoms with Gasteiger partial charge in [0.25, 0.3) is 0 Å². The number of anilines is 1. The lowest BCUT2D eigenvalue weighted by Crippen LogP contribution is -2.53. The summed E-state index contributed by atoms with van der Waals surface area (Å²) in [5.74, 6) is -0.862. The monoisotopic (exact) mass is 304 g/mol. The Kier molecular flexibility index (Phi) is 4.19. The smallest absolute Gasteiger partial charge is 0.368 e. The quantitative estimate of drug-likeness (QED) is 0.729. The average Bonchev–Trinajstić information content (AvgIpc) is 2.37. The number of benzene rings is 1. The van der Waals surface area contributed by atoms with E-state index in [0.29, 0.717) is 32.2 Å². The van der Waals surface area contributed by atoms with Crippen LogP contribution in [0.2, 0.25) is 0 Å². The molecule has 1 aromatic rings. The molecule has 0 atom stereocenters. The Balaban J connectivity index is 2.21. The van der Waals surface area contributed by atoms with Crippen LogP contribution in [-0.4, -0.2) is 36.6 Å². The van der Waals surface area contributed by atoms with Gasteiger partial charge >= 0.3 is 6.18 Å². The van der Waals surface area contributed by atoms with Crippen molar-refractivity contribution in [3.63, 3.8) is 0 Å². The number of hydrogen-bond donors (Lipinski definition) is 0. The van der Waals surface area contributed by atoms with Crippen molar-refractivity contribution in [2.75, 3.05) is 31.1 Å². The maximum Gasteiger partial charge on any atom is 0.418 e. The predicted octanol–water partition coefficient (Wildman–Crippen LogP) is 3.77. The number of nitrogens with zero attached hydrogens (tertiary/aromatic N) is 2. The molecule has 0 aliphatic carbocycles. The standard InChI is InChI=1S/C15H20F4N2/c1-14(2,3)21-8-6-20(7-9-21)13-5-4-11(16)10-12(13)15(17,18)19/h4-5,10H,6-9H2,1-3H3. The second kappa shape index (κ2) is 5.48. The van der Waals surface area contributed by atoms with Gasteiger partial charge in [-0.1, -0.05) is 0 Å². The van der Waals surface area contributed by atoms with E-state index >= 15 is 0 Å². The van der Waals surface area contributed by atoms with E-state index in [9.17, 15) is 17.6 Å². The van der Waals surface area contributed by atoms with Crippen LogP contribution in [0.1, 0.15) is 26.3 Å². The molecule has 0 spiro atoms. The zero-order chi connectivity index (χ0) is 15.8. The van der Waals surface area contributed by atoms with E-state index in [0.717, 1.165) is 6.07 Å². The molecule has 0 amide bonds. The molecular weight excluding hydrogens is 284 g/mol. The summed E-state index contributed by atoms with van der Waals surface area (Å²) in [6.07, 6.45) is -4.54. The lowest BCUT2D eigenvalue weighted by molar-refractivity contribution is -0.137. The average molecular weight is 304 g/mol. The maximum atomic E-state index is 13.1. The molecule has 0 saturated carbocycles. The van der Waals surface area contributed by atoms with Crippen molar-refractivity contribution >= 4 is 5.69 Å². The second-order valence-electron chi connectivity index (χ2n) is 6.30. The van der Waals surface area contributed by atoms with Gasteiger partial charge in [0.2, 0.25) is 0 Å². The highest BCUT2D eigenvalue weighted by Crippen LogP contribution is 2.37. The Morgan fingerprint density at radius 3 is 2.00 bits per heavy atom. The normalized spacial score (nSPS) is 18.1. The summed E-state index contributed by atoms with van der Waals surface area (Å²) < 4.78 is 52.3. The van der Waals surface area contributed by atoms with E-state index in [1.807, 2.05) is 0 Å². The summed E-state index contributed by atoms with van der Waals surface area (Å²) in [4.78, 5) is 3.92. The zero-order valence-electron chi connectivity index (χ0n) is 12.5. The van der Waals surface area contributed by atoms with E-state index in [1.165, 1.54) is 6.07 Å². The van der Waals surface area contributed by atoms with E-state index in [2.05, 4.69) is 25.7 Å². The molecule has 1 fully saturated rings. The third kappa shape index (κ3) is 3.67. The number of halogens is 4. The van der Waals surface area contributed by atoms with Gasteiger partial charge in [-0.15, -0.1) is 0 Å². The fourth-order valence-corrected chi connectivity index (χ4v) is 2.63. The van der Waals surface area contributed by atoms with Crippen LogP contribution in [0.3, 0.4) is 0 Å². The first kappa shape index (κ1) is 16.1. The molecular formula is C15H20F4N2. The minimum absolute atomic E-state index is 0.00173. The molecule has 2 nitrogen and oxygen atoms in total. The van der Waals surface area contributed by atoms with Crippen LogP contribution in [0.25, 0.3) is 0 Å². The van der Waals surface area contributed by atoms with Crippen molar-refractivity contribution in [2.24, 2.45) is 0 Å². The van der Waals surface area contributed by atoms with Gasteiger partial charge in [0.05, 0.1) is 5.56 Å². The first-order valence-electron chi connectivity index (χ1n) is 6.96. The van der Waals surface area contributed by atoms with Gasteiger partial charge < -0.3 is 4.90 Å². The number of hydrogen-bond acceptors (Lipinski definition) is 2. The van der Waals surface area contributed by atoms with Gasteiger partial charge in [0, 0.05) is 37.4 Å². The summed E-state index contributed by atoms with van der Waals surface area (Å²) in [5, 5.41) is 0. The highest BCUT2D eigenvalue weighted by atomic mass is 19.4. The third-order valence-corrected chi connectivity index (χ3v) is 3.83. The molecule has 0 unspecified atom stereocenters. The molecule has 118 valence electrons.